The number of β-amino-alcohol motifs (C(OH)–C–C–N with tert-alkyl or cyclic N) is 1. The van der Waals surface area contributed by atoms with Crippen molar-refractivity contribution >= 4 is 24.8 Å². The molecule has 1 N–H and O–H groups in total. The summed E-state index contributed by atoms with van der Waals surface area (Å²) in [4.78, 5) is 4.64. The molecular formula is C18H32Cl2N2O2. The van der Waals surface area contributed by atoms with Crippen LogP contribution in [0.3, 0.4) is 0 Å². The van der Waals surface area contributed by atoms with Crippen molar-refractivity contribution in [1.29, 1.82) is 0 Å². The molecule has 1 fully saturated rings. The van der Waals surface area contributed by atoms with Crippen LogP contribution in [-0.4, -0.2) is 67.4 Å². The van der Waals surface area contributed by atoms with Gasteiger partial charge in [-0.3, -0.25) is 4.90 Å². The van der Waals surface area contributed by atoms with Crippen LogP contribution in [-0.2, 0) is 0 Å². The van der Waals surface area contributed by atoms with Crippen LogP contribution in [0.15, 0.2) is 24.3 Å². The van der Waals surface area contributed by atoms with E-state index in [1.54, 1.807) is 0 Å². The predicted molar refractivity (Wildman–Crippen MR) is 105 cm³/mol. The third kappa shape index (κ3) is 7.16. The van der Waals surface area contributed by atoms with Gasteiger partial charge in [0.2, 0.25) is 0 Å². The summed E-state index contributed by atoms with van der Waals surface area (Å²) in [6, 6.07) is 8.17. The molecule has 0 saturated carbocycles. The number of aliphatic hydroxyl groups is 1. The van der Waals surface area contributed by atoms with E-state index in [2.05, 4.69) is 42.8 Å². The number of aliphatic hydroxyl groups excluding tert-OH is 1. The first-order chi connectivity index (χ1) is 10.6. The van der Waals surface area contributed by atoms with Crippen LogP contribution in [0, 0.1) is 0 Å². The van der Waals surface area contributed by atoms with Gasteiger partial charge in [-0.2, -0.15) is 0 Å². The molecule has 1 heterocycles. The minimum Gasteiger partial charge on any atom is -0.491 e. The standard InChI is InChI=1S/C18H30N2O2.2ClH/c1-4-15(2)17-7-5-6-8-18(17)22-14-16(21)13-20-11-9-19(3)10-12-20;;/h5-8,15-16,21H,4,9-14H2,1-3H3;2*1H. The number of likely N-dealkylation sites (N-methyl/N-ethyl adjacent to an activating group) is 1. The van der Waals surface area contributed by atoms with Crippen molar-refractivity contribution < 1.29 is 9.84 Å². The van der Waals surface area contributed by atoms with Crippen LogP contribution in [0.1, 0.15) is 31.7 Å². The minimum absolute atomic E-state index is 0. The highest BCUT2D eigenvalue weighted by molar-refractivity contribution is 5.85. The van der Waals surface area contributed by atoms with E-state index in [4.69, 9.17) is 4.74 Å². The van der Waals surface area contributed by atoms with Crippen LogP contribution in [0.25, 0.3) is 0 Å². The Balaban J connectivity index is 0.00000264. The van der Waals surface area contributed by atoms with Crippen molar-refractivity contribution in [2.24, 2.45) is 0 Å². The lowest BCUT2D eigenvalue weighted by molar-refractivity contribution is 0.0501. The zero-order valence-corrected chi connectivity index (χ0v) is 16.6. The fourth-order valence-corrected chi connectivity index (χ4v) is 2.81. The van der Waals surface area contributed by atoms with Gasteiger partial charge in [-0.25, -0.2) is 0 Å². The molecule has 1 aliphatic heterocycles. The molecule has 2 unspecified atom stereocenters. The third-order valence-electron chi connectivity index (χ3n) is 4.56. The van der Waals surface area contributed by atoms with Crippen LogP contribution >= 0.6 is 24.8 Å². The molecule has 0 aliphatic carbocycles. The Morgan fingerprint density at radius 3 is 2.38 bits per heavy atom. The Hall–Kier alpha value is -0.520. The highest BCUT2D eigenvalue weighted by Crippen LogP contribution is 2.28. The van der Waals surface area contributed by atoms with Gasteiger partial charge in [0, 0.05) is 32.7 Å². The summed E-state index contributed by atoms with van der Waals surface area (Å²) in [6.45, 7) is 9.65. The second kappa shape index (κ2) is 11.9. The topological polar surface area (TPSA) is 35.9 Å². The van der Waals surface area contributed by atoms with Crippen LogP contribution in [0.5, 0.6) is 5.75 Å². The molecule has 2 rings (SSSR count). The third-order valence-corrected chi connectivity index (χ3v) is 4.56. The molecule has 2 atom stereocenters. The number of nitrogens with zero attached hydrogens (tertiary/aromatic N) is 2. The van der Waals surface area contributed by atoms with Gasteiger partial charge < -0.3 is 14.7 Å². The Labute approximate surface area is 159 Å². The lowest BCUT2D eigenvalue weighted by atomic mass is 9.98. The number of rotatable bonds is 7. The Bertz CT molecular complexity index is 454. The van der Waals surface area contributed by atoms with E-state index < -0.39 is 6.10 Å². The van der Waals surface area contributed by atoms with Crippen molar-refractivity contribution in [2.75, 3.05) is 46.4 Å². The molecule has 6 heteroatoms. The van der Waals surface area contributed by atoms with E-state index in [1.807, 2.05) is 12.1 Å². The van der Waals surface area contributed by atoms with Crippen molar-refractivity contribution in [3.63, 3.8) is 0 Å². The summed E-state index contributed by atoms with van der Waals surface area (Å²) in [5.41, 5.74) is 1.23. The maximum absolute atomic E-state index is 10.2. The molecular weight excluding hydrogens is 347 g/mol. The Morgan fingerprint density at radius 1 is 1.12 bits per heavy atom. The van der Waals surface area contributed by atoms with E-state index in [9.17, 15) is 5.11 Å². The monoisotopic (exact) mass is 378 g/mol. The first kappa shape index (κ1) is 23.5. The number of para-hydroxylation sites is 1. The molecule has 0 spiro atoms. The van der Waals surface area contributed by atoms with Crippen molar-refractivity contribution in [2.45, 2.75) is 32.3 Å². The van der Waals surface area contributed by atoms with E-state index in [0.29, 0.717) is 19.1 Å². The summed E-state index contributed by atoms with van der Waals surface area (Å²) < 4.78 is 5.90. The van der Waals surface area contributed by atoms with Crippen molar-refractivity contribution in [3.05, 3.63) is 29.8 Å². The number of ether oxygens (including phenoxy) is 1. The Kier molecular flexibility index (Phi) is 11.7. The molecule has 0 radical (unpaired) electrons. The van der Waals surface area contributed by atoms with Crippen molar-refractivity contribution in [3.8, 4) is 5.75 Å². The van der Waals surface area contributed by atoms with Gasteiger partial charge in [-0.15, -0.1) is 24.8 Å². The maximum atomic E-state index is 10.2. The lowest BCUT2D eigenvalue weighted by Gasteiger charge is -2.33. The lowest BCUT2D eigenvalue weighted by Crippen LogP contribution is -2.47. The number of piperazine rings is 1. The zero-order chi connectivity index (χ0) is 15.9. The summed E-state index contributed by atoms with van der Waals surface area (Å²) in [7, 11) is 2.14. The number of hydrogen-bond acceptors (Lipinski definition) is 4. The molecule has 1 saturated heterocycles. The molecule has 1 aromatic carbocycles. The fraction of sp³-hybridized carbons (Fsp3) is 0.667. The quantitative estimate of drug-likeness (QED) is 0.790. The molecule has 0 bridgehead atoms. The van der Waals surface area contributed by atoms with Gasteiger partial charge in [-0.1, -0.05) is 32.0 Å². The summed E-state index contributed by atoms with van der Waals surface area (Å²) >= 11 is 0. The first-order valence-electron chi connectivity index (χ1n) is 8.40. The number of hydrogen-bond donors (Lipinski definition) is 1. The van der Waals surface area contributed by atoms with Gasteiger partial charge in [-0.05, 0) is 31.0 Å². The van der Waals surface area contributed by atoms with E-state index in [1.165, 1.54) is 5.56 Å². The molecule has 140 valence electrons. The predicted octanol–water partition coefficient (Wildman–Crippen LogP) is 3.03. The van der Waals surface area contributed by atoms with E-state index in [-0.39, 0.29) is 24.8 Å². The van der Waals surface area contributed by atoms with Gasteiger partial charge in [0.05, 0.1) is 0 Å². The van der Waals surface area contributed by atoms with Crippen LogP contribution in [0.2, 0.25) is 0 Å². The average Bonchev–Trinajstić information content (AvgIpc) is 2.54. The molecule has 1 aliphatic rings. The molecule has 4 nitrogen and oxygen atoms in total. The van der Waals surface area contributed by atoms with Crippen LogP contribution in [0.4, 0.5) is 0 Å². The normalized spacial score (nSPS) is 18.2. The van der Waals surface area contributed by atoms with Crippen LogP contribution < -0.4 is 4.74 Å². The van der Waals surface area contributed by atoms with E-state index in [0.717, 1.165) is 38.3 Å². The van der Waals surface area contributed by atoms with Gasteiger partial charge in [0.15, 0.2) is 0 Å². The average molecular weight is 379 g/mol. The second-order valence-corrected chi connectivity index (χ2v) is 6.42. The highest BCUT2D eigenvalue weighted by Gasteiger charge is 2.18. The highest BCUT2D eigenvalue weighted by atomic mass is 35.5. The smallest absolute Gasteiger partial charge is 0.122 e. The minimum atomic E-state index is -0.437. The zero-order valence-electron chi connectivity index (χ0n) is 15.0. The van der Waals surface area contributed by atoms with Gasteiger partial charge in [0.1, 0.15) is 18.5 Å². The maximum Gasteiger partial charge on any atom is 0.122 e. The summed E-state index contributed by atoms with van der Waals surface area (Å²) in [6.07, 6.45) is 0.651. The molecule has 24 heavy (non-hydrogen) atoms. The fourth-order valence-electron chi connectivity index (χ4n) is 2.81. The second-order valence-electron chi connectivity index (χ2n) is 6.42. The molecule has 1 aromatic rings. The van der Waals surface area contributed by atoms with Gasteiger partial charge in [0.25, 0.3) is 0 Å². The van der Waals surface area contributed by atoms with Gasteiger partial charge >= 0.3 is 0 Å². The molecule has 0 amide bonds. The van der Waals surface area contributed by atoms with Crippen molar-refractivity contribution in [1.82, 2.24) is 9.80 Å². The first-order valence-corrected chi connectivity index (χ1v) is 8.40. The summed E-state index contributed by atoms with van der Waals surface area (Å²) in [5, 5.41) is 10.2. The molecule has 0 aromatic heterocycles. The number of halogens is 2. The Morgan fingerprint density at radius 2 is 1.75 bits per heavy atom. The summed E-state index contributed by atoms with van der Waals surface area (Å²) in [5.74, 6) is 1.39. The number of benzene rings is 1. The largest absolute Gasteiger partial charge is 0.491 e. The van der Waals surface area contributed by atoms with E-state index >= 15 is 0 Å². The SMILES string of the molecule is CCC(C)c1ccccc1OCC(O)CN1CCN(C)CC1.Cl.Cl.